The molecule has 1 atom stereocenters. The van der Waals surface area contributed by atoms with E-state index in [2.05, 4.69) is 0 Å². The lowest BCUT2D eigenvalue weighted by Crippen LogP contribution is -2.16. The minimum absolute atomic E-state index is 0. The van der Waals surface area contributed by atoms with Crippen molar-refractivity contribution >= 4 is 46.8 Å². The molecule has 0 saturated carbocycles. The number of carboxylic acids is 1. The van der Waals surface area contributed by atoms with Crippen molar-refractivity contribution in [1.29, 1.82) is 5.41 Å². The van der Waals surface area contributed by atoms with Crippen LogP contribution >= 0.6 is 35.8 Å². The Morgan fingerprint density at radius 2 is 2.27 bits per heavy atom. The van der Waals surface area contributed by atoms with E-state index >= 15 is 0 Å². The molecule has 0 saturated heterocycles. The molecule has 0 aliphatic heterocycles. The lowest BCUT2D eigenvalue weighted by molar-refractivity contribution is -0.136. The van der Waals surface area contributed by atoms with Crippen LogP contribution in [0.25, 0.3) is 0 Å². The third kappa shape index (κ3) is 7.97. The molecular formula is C5H9Cl2NO2S. The van der Waals surface area contributed by atoms with Gasteiger partial charge in [0.05, 0.1) is 5.04 Å². The van der Waals surface area contributed by atoms with Gasteiger partial charge >= 0.3 is 5.97 Å². The Bertz CT molecular complexity index is 153. The first-order chi connectivity index (χ1) is 4.54. The van der Waals surface area contributed by atoms with Crippen molar-refractivity contribution in [2.24, 2.45) is 0 Å². The predicted octanol–water partition coefficient (Wildman–Crippen LogP) is 1.83. The molecule has 0 aromatic heterocycles. The maximum Gasteiger partial charge on any atom is 0.322 e. The summed E-state index contributed by atoms with van der Waals surface area (Å²) in [5.41, 5.74) is 0. The second kappa shape index (κ2) is 6.76. The van der Waals surface area contributed by atoms with Gasteiger partial charge in [0.25, 0.3) is 0 Å². The molecule has 0 bridgehead atoms. The highest BCUT2D eigenvalue weighted by molar-refractivity contribution is 8.13. The van der Waals surface area contributed by atoms with Crippen LogP contribution in [0, 0.1) is 5.41 Å². The Hall–Kier alpha value is 0.0700. The highest BCUT2D eigenvalue weighted by atomic mass is 35.5. The van der Waals surface area contributed by atoms with Crippen LogP contribution in [0.4, 0.5) is 0 Å². The van der Waals surface area contributed by atoms with Crippen molar-refractivity contribution in [3.05, 3.63) is 0 Å². The van der Waals surface area contributed by atoms with Gasteiger partial charge in [0.1, 0.15) is 5.38 Å². The van der Waals surface area contributed by atoms with Crippen molar-refractivity contribution in [2.75, 3.05) is 5.75 Å². The maximum atomic E-state index is 10.1. The SMILES string of the molecule is CC(=N)SCC(Cl)C(=O)O.Cl. The van der Waals surface area contributed by atoms with E-state index < -0.39 is 11.3 Å². The van der Waals surface area contributed by atoms with Crippen LogP contribution in [0.15, 0.2) is 0 Å². The molecule has 0 aliphatic rings. The van der Waals surface area contributed by atoms with Crippen LogP contribution in [0.5, 0.6) is 0 Å². The third-order valence-corrected chi connectivity index (χ3v) is 2.17. The zero-order valence-corrected chi connectivity index (χ0v) is 8.22. The number of nitrogens with one attached hydrogen (secondary N) is 1. The van der Waals surface area contributed by atoms with Gasteiger partial charge in [-0.1, -0.05) is 0 Å². The number of carbonyl (C=O) groups is 1. The van der Waals surface area contributed by atoms with E-state index in [0.717, 1.165) is 11.8 Å². The van der Waals surface area contributed by atoms with Crippen LogP contribution in [0.3, 0.4) is 0 Å². The highest BCUT2D eigenvalue weighted by Crippen LogP contribution is 2.08. The van der Waals surface area contributed by atoms with Gasteiger partial charge in [0.2, 0.25) is 0 Å². The molecule has 0 aliphatic carbocycles. The summed E-state index contributed by atoms with van der Waals surface area (Å²) in [5.74, 6) is -0.776. The van der Waals surface area contributed by atoms with Crippen molar-refractivity contribution in [1.82, 2.24) is 0 Å². The van der Waals surface area contributed by atoms with Gasteiger partial charge in [-0.15, -0.1) is 35.8 Å². The van der Waals surface area contributed by atoms with Crippen LogP contribution < -0.4 is 0 Å². The summed E-state index contributed by atoms with van der Waals surface area (Å²) in [6, 6.07) is 0. The molecule has 1 unspecified atom stereocenters. The Balaban J connectivity index is 0. The minimum atomic E-state index is -1.03. The Morgan fingerprint density at radius 1 is 1.82 bits per heavy atom. The number of carboxylic acid groups (broad SMARTS) is 1. The number of halogens is 2. The normalized spacial score (nSPS) is 11.5. The van der Waals surface area contributed by atoms with E-state index in [-0.39, 0.29) is 18.2 Å². The van der Waals surface area contributed by atoms with Gasteiger partial charge in [-0.05, 0) is 6.92 Å². The monoisotopic (exact) mass is 217 g/mol. The van der Waals surface area contributed by atoms with Gasteiger partial charge in [0.15, 0.2) is 0 Å². The number of alkyl halides is 1. The summed E-state index contributed by atoms with van der Waals surface area (Å²) in [5, 5.41) is 14.7. The molecule has 0 rings (SSSR count). The van der Waals surface area contributed by atoms with Crippen LogP contribution in [0.1, 0.15) is 6.92 Å². The Labute approximate surface area is 80.4 Å². The van der Waals surface area contributed by atoms with Gasteiger partial charge < -0.3 is 5.11 Å². The zero-order chi connectivity index (χ0) is 8.15. The maximum absolute atomic E-state index is 10.1. The van der Waals surface area contributed by atoms with Gasteiger partial charge in [-0.25, -0.2) is 0 Å². The number of rotatable bonds is 3. The Kier molecular flexibility index (Phi) is 8.39. The summed E-state index contributed by atoms with van der Waals surface area (Å²) >= 11 is 6.48. The van der Waals surface area contributed by atoms with Crippen LogP contribution in [-0.2, 0) is 4.79 Å². The molecular weight excluding hydrogens is 209 g/mol. The smallest absolute Gasteiger partial charge is 0.322 e. The number of hydrogen-bond acceptors (Lipinski definition) is 3. The minimum Gasteiger partial charge on any atom is -0.480 e. The molecule has 0 aromatic rings. The zero-order valence-electron chi connectivity index (χ0n) is 5.83. The second-order valence-electron chi connectivity index (χ2n) is 1.67. The molecule has 0 spiro atoms. The van der Waals surface area contributed by atoms with Gasteiger partial charge in [-0.2, -0.15) is 0 Å². The van der Waals surface area contributed by atoms with Crippen molar-refractivity contribution in [2.45, 2.75) is 12.3 Å². The molecule has 11 heavy (non-hydrogen) atoms. The molecule has 0 heterocycles. The summed E-state index contributed by atoms with van der Waals surface area (Å²) in [6.45, 7) is 1.59. The molecule has 0 amide bonds. The van der Waals surface area contributed by atoms with Crippen molar-refractivity contribution in [3.63, 3.8) is 0 Å². The molecule has 66 valence electrons. The molecule has 2 N–H and O–H groups in total. The third-order valence-electron chi connectivity index (χ3n) is 0.714. The summed E-state index contributed by atoms with van der Waals surface area (Å²) in [4.78, 5) is 10.1. The lowest BCUT2D eigenvalue weighted by atomic mass is 10.5. The number of hydrogen-bond donors (Lipinski definition) is 2. The van der Waals surface area contributed by atoms with E-state index in [1.165, 1.54) is 0 Å². The number of thioether (sulfide) groups is 1. The van der Waals surface area contributed by atoms with E-state index in [1.54, 1.807) is 6.92 Å². The number of aliphatic carboxylic acids is 1. The summed E-state index contributed by atoms with van der Waals surface area (Å²) in [6.07, 6.45) is 0. The second-order valence-corrected chi connectivity index (χ2v) is 3.43. The van der Waals surface area contributed by atoms with Gasteiger partial charge in [-0.3, -0.25) is 10.2 Å². The van der Waals surface area contributed by atoms with Gasteiger partial charge in [0, 0.05) is 5.75 Å². The average molecular weight is 218 g/mol. The predicted molar refractivity (Wildman–Crippen MR) is 50.4 cm³/mol. The summed E-state index contributed by atoms with van der Waals surface area (Å²) in [7, 11) is 0. The first-order valence-corrected chi connectivity index (χ1v) is 4.01. The fraction of sp³-hybridized carbons (Fsp3) is 0.600. The molecule has 0 radical (unpaired) electrons. The van der Waals surface area contributed by atoms with E-state index in [4.69, 9.17) is 22.1 Å². The molecule has 0 aromatic carbocycles. The topological polar surface area (TPSA) is 61.2 Å². The van der Waals surface area contributed by atoms with Crippen molar-refractivity contribution < 1.29 is 9.90 Å². The first-order valence-electron chi connectivity index (χ1n) is 2.59. The molecule has 0 fully saturated rings. The largest absolute Gasteiger partial charge is 0.480 e. The van der Waals surface area contributed by atoms with Crippen LogP contribution in [0.2, 0.25) is 0 Å². The van der Waals surface area contributed by atoms with E-state index in [0.29, 0.717) is 5.04 Å². The quantitative estimate of drug-likeness (QED) is 0.431. The van der Waals surface area contributed by atoms with E-state index in [1.807, 2.05) is 0 Å². The van der Waals surface area contributed by atoms with Crippen LogP contribution in [-0.4, -0.2) is 27.2 Å². The first kappa shape index (κ1) is 13.6. The Morgan fingerprint density at radius 3 is 2.55 bits per heavy atom. The average Bonchev–Trinajstić information content (AvgIpc) is 1.82. The van der Waals surface area contributed by atoms with E-state index in [9.17, 15) is 4.79 Å². The molecule has 6 heteroatoms. The lowest BCUT2D eigenvalue weighted by Gasteiger charge is -2.00. The van der Waals surface area contributed by atoms with Crippen molar-refractivity contribution in [3.8, 4) is 0 Å². The molecule has 3 nitrogen and oxygen atoms in total. The highest BCUT2D eigenvalue weighted by Gasteiger charge is 2.12. The fourth-order valence-corrected chi connectivity index (χ4v) is 0.997. The fourth-order valence-electron chi connectivity index (χ4n) is 0.269. The summed E-state index contributed by atoms with van der Waals surface area (Å²) < 4.78 is 0. The standard InChI is InChI=1S/C5H8ClNO2S.ClH/c1-3(7)10-2-4(6)5(8)9;/h4,7H,2H2,1H3,(H,8,9);1H.